The molecule has 1 aliphatic carbocycles. The van der Waals surface area contributed by atoms with E-state index in [1.807, 2.05) is 4.90 Å². The number of carbonyl (C=O) groups is 1. The largest absolute Gasteiger partial charge is 0.396 e. The van der Waals surface area contributed by atoms with Gasteiger partial charge in [-0.1, -0.05) is 0 Å². The summed E-state index contributed by atoms with van der Waals surface area (Å²) in [4.78, 5) is 13.3. The van der Waals surface area contributed by atoms with E-state index < -0.39 is 0 Å². The van der Waals surface area contributed by atoms with Crippen LogP contribution in [0.1, 0.15) is 25.7 Å². The normalized spacial score (nSPS) is 16.8. The summed E-state index contributed by atoms with van der Waals surface area (Å²) in [5.41, 5.74) is 0. The van der Waals surface area contributed by atoms with Crippen LogP contribution < -0.4 is 0 Å². The molecule has 0 bridgehead atoms. The highest BCUT2D eigenvalue weighted by Crippen LogP contribution is 2.25. The van der Waals surface area contributed by atoms with Crippen molar-refractivity contribution in [1.29, 1.82) is 0 Å². The van der Waals surface area contributed by atoms with Gasteiger partial charge in [0.05, 0.1) is 5.75 Å². The molecule has 3 nitrogen and oxygen atoms in total. The zero-order chi connectivity index (χ0) is 9.68. The average Bonchev–Trinajstić information content (AvgIpc) is 2.07. The molecule has 4 heteroatoms. The van der Waals surface area contributed by atoms with Crippen molar-refractivity contribution in [3.8, 4) is 0 Å². The van der Waals surface area contributed by atoms with E-state index in [-0.39, 0.29) is 18.3 Å². The average molecular weight is 203 g/mol. The SMILES string of the molecule is O=C(CS)N(CCCO)C1CCC1. The number of amides is 1. The quantitative estimate of drug-likeness (QED) is 0.645. The van der Waals surface area contributed by atoms with Crippen LogP contribution in [0.4, 0.5) is 0 Å². The van der Waals surface area contributed by atoms with Gasteiger partial charge in [-0.2, -0.15) is 12.6 Å². The van der Waals surface area contributed by atoms with Crippen molar-refractivity contribution in [3.63, 3.8) is 0 Å². The molecule has 0 heterocycles. The van der Waals surface area contributed by atoms with Gasteiger partial charge in [-0.25, -0.2) is 0 Å². The van der Waals surface area contributed by atoms with Gasteiger partial charge in [-0.05, 0) is 25.7 Å². The van der Waals surface area contributed by atoms with E-state index in [0.29, 0.717) is 19.0 Å². The Kier molecular flexibility index (Phi) is 4.59. The third-order valence-corrected chi connectivity index (χ3v) is 2.80. The molecule has 76 valence electrons. The van der Waals surface area contributed by atoms with Crippen molar-refractivity contribution >= 4 is 18.5 Å². The second kappa shape index (κ2) is 5.50. The van der Waals surface area contributed by atoms with Gasteiger partial charge in [0.1, 0.15) is 0 Å². The minimum absolute atomic E-state index is 0.0986. The molecule has 1 saturated carbocycles. The smallest absolute Gasteiger partial charge is 0.232 e. The molecule has 13 heavy (non-hydrogen) atoms. The lowest BCUT2D eigenvalue weighted by Crippen LogP contribution is -2.45. The minimum atomic E-state index is 0.0986. The molecule has 1 N–H and O–H groups in total. The van der Waals surface area contributed by atoms with Gasteiger partial charge >= 0.3 is 0 Å². The van der Waals surface area contributed by atoms with Gasteiger partial charge in [-0.3, -0.25) is 4.79 Å². The van der Waals surface area contributed by atoms with Crippen molar-refractivity contribution in [2.45, 2.75) is 31.7 Å². The summed E-state index contributed by atoms with van der Waals surface area (Å²) in [7, 11) is 0. The Hall–Kier alpha value is -0.220. The lowest BCUT2D eigenvalue weighted by atomic mass is 9.91. The molecule has 0 aliphatic heterocycles. The molecule has 1 fully saturated rings. The monoisotopic (exact) mass is 203 g/mol. The predicted molar refractivity (Wildman–Crippen MR) is 54.9 cm³/mol. The molecule has 0 unspecified atom stereocenters. The molecule has 0 aromatic rings. The first-order valence-corrected chi connectivity index (χ1v) is 5.44. The van der Waals surface area contributed by atoms with Gasteiger partial charge < -0.3 is 10.0 Å². The van der Waals surface area contributed by atoms with Crippen molar-refractivity contribution in [3.05, 3.63) is 0 Å². The second-order valence-electron chi connectivity index (χ2n) is 3.41. The van der Waals surface area contributed by atoms with E-state index >= 15 is 0 Å². The van der Waals surface area contributed by atoms with Crippen LogP contribution in [-0.2, 0) is 4.79 Å². The van der Waals surface area contributed by atoms with Crippen molar-refractivity contribution in [2.75, 3.05) is 18.9 Å². The van der Waals surface area contributed by atoms with Crippen LogP contribution in [0.2, 0.25) is 0 Å². The van der Waals surface area contributed by atoms with Gasteiger partial charge in [0.2, 0.25) is 5.91 Å². The van der Waals surface area contributed by atoms with Gasteiger partial charge in [-0.15, -0.1) is 0 Å². The van der Waals surface area contributed by atoms with Crippen LogP contribution in [0.25, 0.3) is 0 Å². The highest BCUT2D eigenvalue weighted by Gasteiger charge is 2.27. The zero-order valence-corrected chi connectivity index (χ0v) is 8.67. The third-order valence-electron chi connectivity index (χ3n) is 2.53. The molecule has 0 saturated heterocycles. The summed E-state index contributed by atoms with van der Waals surface area (Å²) >= 11 is 3.98. The van der Waals surface area contributed by atoms with Crippen LogP contribution in [0.15, 0.2) is 0 Å². The standard InChI is InChI=1S/C9H17NO2S/c11-6-2-5-10(9(12)7-13)8-3-1-4-8/h8,11,13H,1-7H2. The van der Waals surface area contributed by atoms with Crippen LogP contribution in [0, 0.1) is 0 Å². The van der Waals surface area contributed by atoms with Crippen LogP contribution in [0.5, 0.6) is 0 Å². The summed E-state index contributed by atoms with van der Waals surface area (Å²) < 4.78 is 0. The van der Waals surface area contributed by atoms with Crippen molar-refractivity contribution in [2.24, 2.45) is 0 Å². The molecule has 0 aromatic carbocycles. The molecule has 1 amide bonds. The molecule has 1 aliphatic rings. The van der Waals surface area contributed by atoms with Gasteiger partial charge in [0, 0.05) is 19.2 Å². The molecule has 1 rings (SSSR count). The first-order valence-electron chi connectivity index (χ1n) is 4.80. The number of hydrogen-bond acceptors (Lipinski definition) is 3. The summed E-state index contributed by atoms with van der Waals surface area (Å²) in [6, 6.07) is 0.422. The fourth-order valence-corrected chi connectivity index (χ4v) is 1.72. The summed E-state index contributed by atoms with van der Waals surface area (Å²) in [6.07, 6.45) is 4.13. The van der Waals surface area contributed by atoms with Gasteiger partial charge in [0.25, 0.3) is 0 Å². The maximum absolute atomic E-state index is 11.4. The Morgan fingerprint density at radius 3 is 2.62 bits per heavy atom. The Labute approximate surface area is 84.5 Å². The van der Waals surface area contributed by atoms with E-state index in [0.717, 1.165) is 12.8 Å². The summed E-state index contributed by atoms with van der Waals surface area (Å²) in [5.74, 6) is 0.378. The Morgan fingerprint density at radius 2 is 2.23 bits per heavy atom. The minimum Gasteiger partial charge on any atom is -0.396 e. The fraction of sp³-hybridized carbons (Fsp3) is 0.889. The molecule has 0 aromatic heterocycles. The first kappa shape index (κ1) is 10.9. The zero-order valence-electron chi connectivity index (χ0n) is 7.78. The second-order valence-corrected chi connectivity index (χ2v) is 3.72. The van der Waals surface area contributed by atoms with E-state index in [2.05, 4.69) is 12.6 Å². The van der Waals surface area contributed by atoms with E-state index in [1.54, 1.807) is 0 Å². The number of aliphatic hydroxyl groups excluding tert-OH is 1. The maximum Gasteiger partial charge on any atom is 0.232 e. The molecule has 0 radical (unpaired) electrons. The number of nitrogens with zero attached hydrogens (tertiary/aromatic N) is 1. The topological polar surface area (TPSA) is 40.5 Å². The molecule has 0 spiro atoms. The van der Waals surface area contributed by atoms with Crippen molar-refractivity contribution < 1.29 is 9.90 Å². The molecular formula is C9H17NO2S. The third kappa shape index (κ3) is 2.88. The van der Waals surface area contributed by atoms with Crippen LogP contribution in [-0.4, -0.2) is 40.9 Å². The fourth-order valence-electron chi connectivity index (χ4n) is 1.54. The van der Waals surface area contributed by atoms with Crippen LogP contribution >= 0.6 is 12.6 Å². The number of hydrogen-bond donors (Lipinski definition) is 2. The number of carbonyl (C=O) groups excluding carboxylic acids is 1. The lowest BCUT2D eigenvalue weighted by molar-refractivity contribution is -0.132. The number of aliphatic hydroxyl groups is 1. The number of thiol groups is 1. The molecule has 0 atom stereocenters. The highest BCUT2D eigenvalue weighted by atomic mass is 32.1. The van der Waals surface area contributed by atoms with Crippen LogP contribution in [0.3, 0.4) is 0 Å². The summed E-state index contributed by atoms with van der Waals surface area (Å²) in [6.45, 7) is 0.837. The first-order chi connectivity index (χ1) is 6.29. The highest BCUT2D eigenvalue weighted by molar-refractivity contribution is 7.81. The van der Waals surface area contributed by atoms with E-state index in [1.165, 1.54) is 6.42 Å². The Morgan fingerprint density at radius 1 is 1.54 bits per heavy atom. The summed E-state index contributed by atoms with van der Waals surface area (Å²) in [5, 5.41) is 8.69. The Bertz CT molecular complexity index is 171. The van der Waals surface area contributed by atoms with E-state index in [9.17, 15) is 4.79 Å². The molecular weight excluding hydrogens is 186 g/mol. The number of rotatable bonds is 5. The van der Waals surface area contributed by atoms with Crippen molar-refractivity contribution in [1.82, 2.24) is 4.90 Å². The van der Waals surface area contributed by atoms with Gasteiger partial charge in [0.15, 0.2) is 0 Å². The Balaban J connectivity index is 2.37. The lowest BCUT2D eigenvalue weighted by Gasteiger charge is -2.37. The predicted octanol–water partition coefficient (Wildman–Crippen LogP) is 0.680. The van der Waals surface area contributed by atoms with E-state index in [4.69, 9.17) is 5.11 Å². The maximum atomic E-state index is 11.4.